The second kappa shape index (κ2) is 6.35. The predicted octanol–water partition coefficient (Wildman–Crippen LogP) is 2.01. The van der Waals surface area contributed by atoms with Gasteiger partial charge in [0, 0.05) is 26.0 Å². The number of carboxylic acid groups (broad SMARTS) is 1. The smallest absolute Gasteiger partial charge is 0.339 e. The first kappa shape index (κ1) is 12.8. The van der Waals surface area contributed by atoms with Crippen LogP contribution in [0.2, 0.25) is 0 Å². The van der Waals surface area contributed by atoms with E-state index >= 15 is 0 Å². The van der Waals surface area contributed by atoms with E-state index in [1.165, 1.54) is 0 Å². The van der Waals surface area contributed by atoms with Crippen LogP contribution in [0.1, 0.15) is 29.6 Å². The van der Waals surface area contributed by atoms with E-state index in [0.29, 0.717) is 11.7 Å². The third-order valence-electron chi connectivity index (χ3n) is 3.22. The molecule has 0 bridgehead atoms. The van der Waals surface area contributed by atoms with E-state index in [-0.39, 0.29) is 5.56 Å². The Morgan fingerprint density at radius 1 is 1.50 bits per heavy atom. The highest BCUT2D eigenvalue weighted by Gasteiger charge is 2.14. The van der Waals surface area contributed by atoms with Crippen LogP contribution >= 0.6 is 0 Å². The molecule has 0 atom stereocenters. The first-order valence-corrected chi connectivity index (χ1v) is 6.27. The van der Waals surface area contributed by atoms with Gasteiger partial charge in [-0.2, -0.15) is 0 Å². The molecule has 1 fully saturated rings. The van der Waals surface area contributed by atoms with E-state index in [1.807, 2.05) is 0 Å². The molecular formula is C13H18N2O3. The number of anilines is 1. The van der Waals surface area contributed by atoms with Gasteiger partial charge in [-0.3, -0.25) is 0 Å². The van der Waals surface area contributed by atoms with Crippen LogP contribution in [-0.4, -0.2) is 35.8 Å². The van der Waals surface area contributed by atoms with Gasteiger partial charge in [0.25, 0.3) is 0 Å². The van der Waals surface area contributed by atoms with E-state index in [0.717, 1.165) is 39.0 Å². The molecule has 5 nitrogen and oxygen atoms in total. The zero-order chi connectivity index (χ0) is 12.8. The van der Waals surface area contributed by atoms with Gasteiger partial charge < -0.3 is 15.2 Å². The minimum Gasteiger partial charge on any atom is -0.478 e. The molecule has 5 heteroatoms. The standard InChI is InChI=1S/C13H18N2O3/c16-13(17)11-2-1-6-14-12(11)15-7-3-10-4-8-18-9-5-10/h1-2,6,10H,3-5,7-9H2,(H,14,15)(H,16,17). The normalized spacial score (nSPS) is 16.4. The summed E-state index contributed by atoms with van der Waals surface area (Å²) in [7, 11) is 0. The second-order valence-electron chi connectivity index (χ2n) is 4.48. The summed E-state index contributed by atoms with van der Waals surface area (Å²) in [5.74, 6) is 0.178. The van der Waals surface area contributed by atoms with Crippen molar-refractivity contribution >= 4 is 11.8 Å². The largest absolute Gasteiger partial charge is 0.478 e. The molecule has 1 aliphatic heterocycles. The zero-order valence-corrected chi connectivity index (χ0v) is 10.3. The summed E-state index contributed by atoms with van der Waals surface area (Å²) in [6, 6.07) is 3.19. The van der Waals surface area contributed by atoms with E-state index < -0.39 is 5.97 Å². The Balaban J connectivity index is 1.84. The molecule has 0 amide bonds. The lowest BCUT2D eigenvalue weighted by atomic mass is 9.97. The number of ether oxygens (including phenoxy) is 1. The predicted molar refractivity (Wildman–Crippen MR) is 67.8 cm³/mol. The fourth-order valence-corrected chi connectivity index (χ4v) is 2.15. The monoisotopic (exact) mass is 250 g/mol. The molecule has 2 heterocycles. The van der Waals surface area contributed by atoms with Crippen molar-refractivity contribution in [2.24, 2.45) is 5.92 Å². The molecule has 0 aromatic carbocycles. The van der Waals surface area contributed by atoms with Crippen molar-refractivity contribution in [3.05, 3.63) is 23.9 Å². The topological polar surface area (TPSA) is 71.5 Å². The van der Waals surface area contributed by atoms with Gasteiger partial charge in [0.2, 0.25) is 0 Å². The van der Waals surface area contributed by atoms with Crippen molar-refractivity contribution in [3.63, 3.8) is 0 Å². The molecule has 18 heavy (non-hydrogen) atoms. The van der Waals surface area contributed by atoms with E-state index in [9.17, 15) is 4.79 Å². The summed E-state index contributed by atoms with van der Waals surface area (Å²) < 4.78 is 5.30. The van der Waals surface area contributed by atoms with Crippen molar-refractivity contribution < 1.29 is 14.6 Å². The molecule has 0 unspecified atom stereocenters. The van der Waals surface area contributed by atoms with Gasteiger partial charge in [-0.05, 0) is 37.3 Å². The summed E-state index contributed by atoms with van der Waals surface area (Å²) in [4.78, 5) is 15.1. The van der Waals surface area contributed by atoms with Crippen molar-refractivity contribution in [2.75, 3.05) is 25.1 Å². The molecule has 2 rings (SSSR count). The Morgan fingerprint density at radius 3 is 3.00 bits per heavy atom. The highest BCUT2D eigenvalue weighted by molar-refractivity contribution is 5.92. The lowest BCUT2D eigenvalue weighted by molar-refractivity contribution is 0.0649. The number of rotatable bonds is 5. The molecule has 0 saturated carbocycles. The number of aromatic carboxylic acids is 1. The molecule has 0 radical (unpaired) electrons. The van der Waals surface area contributed by atoms with Crippen LogP contribution in [0.4, 0.5) is 5.82 Å². The molecule has 98 valence electrons. The number of carboxylic acids is 1. The number of pyridine rings is 1. The highest BCUT2D eigenvalue weighted by atomic mass is 16.5. The quantitative estimate of drug-likeness (QED) is 0.836. The van der Waals surface area contributed by atoms with Crippen LogP contribution in [-0.2, 0) is 4.74 Å². The van der Waals surface area contributed by atoms with Crippen molar-refractivity contribution in [1.82, 2.24) is 4.98 Å². The summed E-state index contributed by atoms with van der Waals surface area (Å²) in [5, 5.41) is 12.1. The lowest BCUT2D eigenvalue weighted by Crippen LogP contribution is -2.19. The third-order valence-corrected chi connectivity index (χ3v) is 3.22. The lowest BCUT2D eigenvalue weighted by Gasteiger charge is -2.22. The average Bonchev–Trinajstić information content (AvgIpc) is 2.40. The van der Waals surface area contributed by atoms with Gasteiger partial charge in [-0.1, -0.05) is 0 Å². The first-order valence-electron chi connectivity index (χ1n) is 6.27. The Morgan fingerprint density at radius 2 is 2.28 bits per heavy atom. The maximum atomic E-state index is 11.0. The van der Waals surface area contributed by atoms with E-state index in [1.54, 1.807) is 18.3 Å². The van der Waals surface area contributed by atoms with Crippen LogP contribution in [0, 0.1) is 5.92 Å². The van der Waals surface area contributed by atoms with Gasteiger partial charge in [0.15, 0.2) is 0 Å². The summed E-state index contributed by atoms with van der Waals surface area (Å²) in [6.07, 6.45) is 4.81. The molecular weight excluding hydrogens is 232 g/mol. The molecule has 1 aromatic heterocycles. The molecule has 1 saturated heterocycles. The van der Waals surface area contributed by atoms with E-state index in [4.69, 9.17) is 9.84 Å². The fourth-order valence-electron chi connectivity index (χ4n) is 2.15. The summed E-state index contributed by atoms with van der Waals surface area (Å²) >= 11 is 0. The van der Waals surface area contributed by atoms with Gasteiger partial charge in [-0.25, -0.2) is 9.78 Å². The highest BCUT2D eigenvalue weighted by Crippen LogP contribution is 2.19. The van der Waals surface area contributed by atoms with Crippen LogP contribution < -0.4 is 5.32 Å². The number of aromatic nitrogens is 1. The Bertz CT molecular complexity index is 403. The maximum absolute atomic E-state index is 11.0. The van der Waals surface area contributed by atoms with Crippen molar-refractivity contribution in [3.8, 4) is 0 Å². The minimum absolute atomic E-state index is 0.226. The minimum atomic E-state index is -0.948. The number of hydrogen-bond acceptors (Lipinski definition) is 4. The zero-order valence-electron chi connectivity index (χ0n) is 10.3. The summed E-state index contributed by atoms with van der Waals surface area (Å²) in [6.45, 7) is 2.44. The number of nitrogens with zero attached hydrogens (tertiary/aromatic N) is 1. The van der Waals surface area contributed by atoms with Crippen molar-refractivity contribution in [2.45, 2.75) is 19.3 Å². The molecule has 2 N–H and O–H groups in total. The Hall–Kier alpha value is -1.62. The summed E-state index contributed by atoms with van der Waals surface area (Å²) in [5.41, 5.74) is 0.226. The average molecular weight is 250 g/mol. The first-order chi connectivity index (χ1) is 8.77. The van der Waals surface area contributed by atoms with Crippen LogP contribution in [0.15, 0.2) is 18.3 Å². The van der Waals surface area contributed by atoms with Gasteiger partial charge in [0.05, 0.1) is 0 Å². The number of nitrogens with one attached hydrogen (secondary N) is 1. The van der Waals surface area contributed by atoms with Crippen LogP contribution in [0.25, 0.3) is 0 Å². The van der Waals surface area contributed by atoms with Gasteiger partial charge >= 0.3 is 5.97 Å². The van der Waals surface area contributed by atoms with E-state index in [2.05, 4.69) is 10.3 Å². The van der Waals surface area contributed by atoms with Crippen molar-refractivity contribution in [1.29, 1.82) is 0 Å². The molecule has 1 aromatic rings. The Labute approximate surface area is 106 Å². The number of carbonyl (C=O) groups is 1. The fraction of sp³-hybridized carbons (Fsp3) is 0.538. The second-order valence-corrected chi connectivity index (χ2v) is 4.48. The van der Waals surface area contributed by atoms with Crippen LogP contribution in [0.5, 0.6) is 0 Å². The molecule has 0 spiro atoms. The Kier molecular flexibility index (Phi) is 4.52. The third kappa shape index (κ3) is 3.43. The van der Waals surface area contributed by atoms with Gasteiger partial charge in [-0.15, -0.1) is 0 Å². The van der Waals surface area contributed by atoms with Crippen LogP contribution in [0.3, 0.4) is 0 Å². The molecule has 1 aliphatic rings. The van der Waals surface area contributed by atoms with Gasteiger partial charge in [0.1, 0.15) is 11.4 Å². The maximum Gasteiger partial charge on any atom is 0.339 e. The SMILES string of the molecule is O=C(O)c1cccnc1NCCC1CCOCC1. The number of hydrogen-bond donors (Lipinski definition) is 2. The molecule has 0 aliphatic carbocycles.